The summed E-state index contributed by atoms with van der Waals surface area (Å²) in [5.41, 5.74) is 7.79. The summed E-state index contributed by atoms with van der Waals surface area (Å²) >= 11 is 0. The van der Waals surface area contributed by atoms with Gasteiger partial charge in [0, 0.05) is 7.05 Å². The number of benzene rings is 1. The lowest BCUT2D eigenvalue weighted by Crippen LogP contribution is -2.02. The van der Waals surface area contributed by atoms with Crippen LogP contribution in [0.5, 0.6) is 5.88 Å². The number of hydrogen-bond acceptors (Lipinski definition) is 5. The number of aryl methyl sites for hydroxylation is 1. The number of aromatic nitrogens is 5. The Bertz CT molecular complexity index is 746. The van der Waals surface area contributed by atoms with Crippen LogP contribution in [0.15, 0.2) is 36.7 Å². The van der Waals surface area contributed by atoms with Crippen molar-refractivity contribution in [3.63, 3.8) is 0 Å². The van der Waals surface area contributed by atoms with Gasteiger partial charge >= 0.3 is 0 Å². The molecular formula is C14H16N6O. The first-order valence-corrected chi connectivity index (χ1v) is 6.53. The number of anilines is 1. The van der Waals surface area contributed by atoms with Crippen molar-refractivity contribution >= 4 is 5.82 Å². The number of nitrogen functional groups attached to an aromatic ring is 1. The van der Waals surface area contributed by atoms with Gasteiger partial charge < -0.3 is 10.5 Å². The van der Waals surface area contributed by atoms with E-state index < -0.39 is 0 Å². The highest BCUT2D eigenvalue weighted by atomic mass is 16.5. The topological polar surface area (TPSA) is 83.8 Å². The largest absolute Gasteiger partial charge is 0.468 e. The van der Waals surface area contributed by atoms with Crippen LogP contribution < -0.4 is 10.5 Å². The fourth-order valence-electron chi connectivity index (χ4n) is 1.97. The number of nitrogens with zero attached hydrogens (tertiary/aromatic N) is 5. The molecule has 0 saturated heterocycles. The molecule has 0 bridgehead atoms. The van der Waals surface area contributed by atoms with Crippen LogP contribution in [0.1, 0.15) is 11.4 Å². The zero-order valence-electron chi connectivity index (χ0n) is 11.9. The molecule has 0 aliphatic heterocycles. The van der Waals surface area contributed by atoms with Gasteiger partial charge in [-0.2, -0.15) is 5.10 Å². The molecule has 7 heteroatoms. The molecule has 21 heavy (non-hydrogen) atoms. The molecule has 0 unspecified atom stereocenters. The standard InChI is InChI=1S/C14H16N6O/c1-10-13(15)20(11-6-4-3-5-7-11)18-14(10)21-8-12-16-9-19(2)17-12/h3-7,9H,8,15H2,1-2H3. The molecule has 0 atom stereocenters. The van der Waals surface area contributed by atoms with Crippen molar-refractivity contribution in [2.45, 2.75) is 13.5 Å². The zero-order chi connectivity index (χ0) is 14.8. The normalized spacial score (nSPS) is 10.8. The molecule has 0 amide bonds. The first-order chi connectivity index (χ1) is 10.1. The van der Waals surface area contributed by atoms with Gasteiger partial charge in [-0.1, -0.05) is 18.2 Å². The van der Waals surface area contributed by atoms with Gasteiger partial charge in [0.05, 0.1) is 11.3 Å². The molecule has 0 spiro atoms. The lowest BCUT2D eigenvalue weighted by Gasteiger charge is -2.02. The van der Waals surface area contributed by atoms with E-state index in [4.69, 9.17) is 10.5 Å². The van der Waals surface area contributed by atoms with Crippen LogP contribution in [0.2, 0.25) is 0 Å². The second-order valence-electron chi connectivity index (χ2n) is 4.69. The minimum Gasteiger partial charge on any atom is -0.468 e. The van der Waals surface area contributed by atoms with Crippen LogP contribution >= 0.6 is 0 Å². The van der Waals surface area contributed by atoms with Gasteiger partial charge in [0.15, 0.2) is 12.4 Å². The fraction of sp³-hybridized carbons (Fsp3) is 0.214. The van der Waals surface area contributed by atoms with E-state index in [0.29, 0.717) is 17.5 Å². The van der Waals surface area contributed by atoms with Crippen LogP contribution in [0, 0.1) is 6.92 Å². The molecular weight excluding hydrogens is 268 g/mol. The summed E-state index contributed by atoms with van der Waals surface area (Å²) in [7, 11) is 1.81. The van der Waals surface area contributed by atoms with Crippen molar-refractivity contribution in [1.82, 2.24) is 24.5 Å². The van der Waals surface area contributed by atoms with Gasteiger partial charge in [-0.05, 0) is 19.1 Å². The highest BCUT2D eigenvalue weighted by molar-refractivity contribution is 5.51. The molecule has 2 heterocycles. The highest BCUT2D eigenvalue weighted by Gasteiger charge is 2.14. The van der Waals surface area contributed by atoms with E-state index in [-0.39, 0.29) is 6.61 Å². The molecule has 0 aliphatic rings. The van der Waals surface area contributed by atoms with Gasteiger partial charge in [-0.25, -0.2) is 9.67 Å². The molecule has 0 saturated carbocycles. The third-order valence-corrected chi connectivity index (χ3v) is 3.11. The molecule has 2 N–H and O–H groups in total. The number of hydrogen-bond donors (Lipinski definition) is 1. The van der Waals surface area contributed by atoms with Crippen LogP contribution in [0.25, 0.3) is 5.69 Å². The maximum atomic E-state index is 6.09. The van der Waals surface area contributed by atoms with Crippen molar-refractivity contribution in [3.05, 3.63) is 48.0 Å². The van der Waals surface area contributed by atoms with Crippen molar-refractivity contribution < 1.29 is 4.74 Å². The van der Waals surface area contributed by atoms with Crippen molar-refractivity contribution in [2.75, 3.05) is 5.73 Å². The van der Waals surface area contributed by atoms with Crippen molar-refractivity contribution in [1.29, 1.82) is 0 Å². The molecule has 0 fully saturated rings. The zero-order valence-corrected chi connectivity index (χ0v) is 11.9. The van der Waals surface area contributed by atoms with E-state index in [9.17, 15) is 0 Å². The Kier molecular flexibility index (Phi) is 3.31. The summed E-state index contributed by atoms with van der Waals surface area (Å²) in [6.07, 6.45) is 1.63. The molecule has 0 aliphatic carbocycles. The quantitative estimate of drug-likeness (QED) is 0.784. The Morgan fingerprint density at radius 2 is 1.95 bits per heavy atom. The van der Waals surface area contributed by atoms with Gasteiger partial charge in [0.2, 0.25) is 5.88 Å². The summed E-state index contributed by atoms with van der Waals surface area (Å²) < 4.78 is 8.96. The highest BCUT2D eigenvalue weighted by Crippen LogP contribution is 2.25. The molecule has 3 rings (SSSR count). The molecule has 1 aromatic carbocycles. The molecule has 7 nitrogen and oxygen atoms in total. The summed E-state index contributed by atoms with van der Waals surface area (Å²) in [5.74, 6) is 1.65. The SMILES string of the molecule is Cc1c(OCc2ncn(C)n2)nn(-c2ccccc2)c1N. The second-order valence-corrected chi connectivity index (χ2v) is 4.69. The van der Waals surface area contributed by atoms with Crippen molar-refractivity contribution in [2.24, 2.45) is 7.05 Å². The third kappa shape index (κ3) is 2.58. The Morgan fingerprint density at radius 3 is 2.62 bits per heavy atom. The Morgan fingerprint density at radius 1 is 1.19 bits per heavy atom. The minimum atomic E-state index is 0.257. The third-order valence-electron chi connectivity index (χ3n) is 3.11. The Labute approximate surface area is 122 Å². The molecule has 2 aromatic heterocycles. The monoisotopic (exact) mass is 284 g/mol. The lowest BCUT2D eigenvalue weighted by atomic mass is 10.3. The number of ether oxygens (including phenoxy) is 1. The van der Waals surface area contributed by atoms with Crippen LogP contribution in [0.4, 0.5) is 5.82 Å². The number of nitrogens with two attached hydrogens (primary N) is 1. The van der Waals surface area contributed by atoms with E-state index in [2.05, 4.69) is 15.2 Å². The summed E-state index contributed by atoms with van der Waals surface area (Å²) in [6.45, 7) is 2.13. The fourth-order valence-corrected chi connectivity index (χ4v) is 1.97. The lowest BCUT2D eigenvalue weighted by molar-refractivity contribution is 0.280. The molecule has 3 aromatic rings. The summed E-state index contributed by atoms with van der Waals surface area (Å²) in [6, 6.07) is 9.69. The van der Waals surface area contributed by atoms with Gasteiger partial charge in [-0.15, -0.1) is 5.10 Å². The van der Waals surface area contributed by atoms with Gasteiger partial charge in [0.1, 0.15) is 12.1 Å². The van der Waals surface area contributed by atoms with Gasteiger partial charge in [0.25, 0.3) is 0 Å². The van der Waals surface area contributed by atoms with Gasteiger partial charge in [-0.3, -0.25) is 4.68 Å². The maximum Gasteiger partial charge on any atom is 0.238 e. The van der Waals surface area contributed by atoms with E-state index in [1.807, 2.05) is 44.3 Å². The van der Waals surface area contributed by atoms with E-state index in [1.54, 1.807) is 15.7 Å². The van der Waals surface area contributed by atoms with E-state index in [1.165, 1.54) is 0 Å². The van der Waals surface area contributed by atoms with Crippen LogP contribution in [-0.2, 0) is 13.7 Å². The number of para-hydroxylation sites is 1. The maximum absolute atomic E-state index is 6.09. The van der Waals surface area contributed by atoms with E-state index >= 15 is 0 Å². The minimum absolute atomic E-state index is 0.257. The predicted molar refractivity (Wildman–Crippen MR) is 78.0 cm³/mol. The average Bonchev–Trinajstić information content (AvgIpc) is 3.04. The van der Waals surface area contributed by atoms with Crippen LogP contribution in [0.3, 0.4) is 0 Å². The Balaban J connectivity index is 1.83. The van der Waals surface area contributed by atoms with Crippen LogP contribution in [-0.4, -0.2) is 24.5 Å². The summed E-state index contributed by atoms with van der Waals surface area (Å²) in [5, 5.41) is 8.57. The summed E-state index contributed by atoms with van der Waals surface area (Å²) in [4.78, 5) is 4.11. The Hall–Kier alpha value is -2.83. The average molecular weight is 284 g/mol. The number of rotatable bonds is 4. The predicted octanol–water partition coefficient (Wildman–Crippen LogP) is 1.47. The first kappa shape index (κ1) is 13.2. The second kappa shape index (κ2) is 5.28. The molecule has 0 radical (unpaired) electrons. The smallest absolute Gasteiger partial charge is 0.238 e. The van der Waals surface area contributed by atoms with Crippen molar-refractivity contribution in [3.8, 4) is 11.6 Å². The molecule has 108 valence electrons. The first-order valence-electron chi connectivity index (χ1n) is 6.53. The van der Waals surface area contributed by atoms with E-state index in [0.717, 1.165) is 11.3 Å².